The first kappa shape index (κ1) is 15.5. The fraction of sp³-hybridized carbons (Fsp3) is 0.500. The van der Waals surface area contributed by atoms with Crippen molar-refractivity contribution in [2.45, 2.75) is 19.4 Å². The van der Waals surface area contributed by atoms with Gasteiger partial charge in [-0.2, -0.15) is 0 Å². The van der Waals surface area contributed by atoms with Gasteiger partial charge in [-0.25, -0.2) is 4.79 Å². The summed E-state index contributed by atoms with van der Waals surface area (Å²) in [5.74, 6) is 0. The first-order valence-corrected chi connectivity index (χ1v) is 6.36. The van der Waals surface area contributed by atoms with Crippen LogP contribution in [-0.2, 0) is 11.2 Å². The number of benzene rings is 1. The number of aryl methyl sites for hydroxylation is 1. The molecule has 1 rings (SSSR count). The number of aliphatic hydroxyl groups excluding tert-OH is 1. The third-order valence-electron chi connectivity index (χ3n) is 2.64. The van der Waals surface area contributed by atoms with Gasteiger partial charge in [-0.05, 0) is 18.9 Å². The quantitative estimate of drug-likeness (QED) is 0.685. The molecule has 0 radical (unpaired) electrons. The van der Waals surface area contributed by atoms with Crippen molar-refractivity contribution < 1.29 is 14.6 Å². The Morgan fingerprint density at radius 3 is 2.89 bits per heavy atom. The molecule has 0 aromatic heterocycles. The number of rotatable bonds is 7. The Balaban J connectivity index is 2.17. The number of hydrogen-bond donors (Lipinski definition) is 3. The highest BCUT2D eigenvalue weighted by molar-refractivity contribution is 5.73. The molecule has 0 fully saturated rings. The van der Waals surface area contributed by atoms with Gasteiger partial charge in [-0.15, -0.1) is 0 Å². The SMILES string of the molecule is COCC(O)CNC(=O)NCCc1cccc(C)c1. The lowest BCUT2D eigenvalue weighted by Crippen LogP contribution is -2.41. The highest BCUT2D eigenvalue weighted by atomic mass is 16.5. The van der Waals surface area contributed by atoms with E-state index in [1.165, 1.54) is 18.2 Å². The van der Waals surface area contributed by atoms with E-state index < -0.39 is 6.10 Å². The van der Waals surface area contributed by atoms with E-state index >= 15 is 0 Å². The molecule has 0 saturated heterocycles. The van der Waals surface area contributed by atoms with E-state index in [0.29, 0.717) is 6.54 Å². The summed E-state index contributed by atoms with van der Waals surface area (Å²) in [6.07, 6.45) is 0.114. The molecule has 0 aliphatic carbocycles. The summed E-state index contributed by atoms with van der Waals surface area (Å²) in [5.41, 5.74) is 2.41. The minimum atomic E-state index is -0.674. The van der Waals surface area contributed by atoms with Gasteiger partial charge in [-0.1, -0.05) is 29.8 Å². The molecule has 2 amide bonds. The third-order valence-corrected chi connectivity index (χ3v) is 2.64. The number of methoxy groups -OCH3 is 1. The molecule has 0 saturated carbocycles. The number of amides is 2. The second-order valence-electron chi connectivity index (χ2n) is 4.49. The summed E-state index contributed by atoms with van der Waals surface area (Å²) in [4.78, 5) is 11.4. The molecule has 19 heavy (non-hydrogen) atoms. The molecule has 0 aliphatic heterocycles. The van der Waals surface area contributed by atoms with Crippen molar-refractivity contribution >= 4 is 6.03 Å². The van der Waals surface area contributed by atoms with Crippen molar-refractivity contribution in [1.29, 1.82) is 0 Å². The lowest BCUT2D eigenvalue weighted by molar-refractivity contribution is 0.0660. The Morgan fingerprint density at radius 2 is 2.21 bits per heavy atom. The number of urea groups is 1. The topological polar surface area (TPSA) is 70.6 Å². The molecule has 0 heterocycles. The number of nitrogens with one attached hydrogen (secondary N) is 2. The van der Waals surface area contributed by atoms with Crippen LogP contribution in [0.15, 0.2) is 24.3 Å². The maximum Gasteiger partial charge on any atom is 0.314 e. The third kappa shape index (κ3) is 6.79. The fourth-order valence-corrected chi connectivity index (χ4v) is 1.71. The summed E-state index contributed by atoms with van der Waals surface area (Å²) in [6, 6.07) is 7.91. The van der Waals surface area contributed by atoms with Crippen LogP contribution in [0.2, 0.25) is 0 Å². The number of carbonyl (C=O) groups is 1. The van der Waals surface area contributed by atoms with Crippen LogP contribution < -0.4 is 10.6 Å². The number of hydrogen-bond acceptors (Lipinski definition) is 3. The van der Waals surface area contributed by atoms with Crippen LogP contribution in [0.4, 0.5) is 4.79 Å². The Bertz CT molecular complexity index is 396. The van der Waals surface area contributed by atoms with E-state index in [0.717, 1.165) is 6.42 Å². The Labute approximate surface area is 114 Å². The first-order chi connectivity index (χ1) is 9.11. The normalized spacial score (nSPS) is 11.9. The van der Waals surface area contributed by atoms with E-state index in [1.807, 2.05) is 25.1 Å². The maximum atomic E-state index is 11.4. The van der Waals surface area contributed by atoms with Gasteiger partial charge < -0.3 is 20.5 Å². The summed E-state index contributed by atoms with van der Waals surface area (Å²) in [7, 11) is 1.51. The van der Waals surface area contributed by atoms with Gasteiger partial charge in [-0.3, -0.25) is 0 Å². The first-order valence-electron chi connectivity index (χ1n) is 6.36. The number of ether oxygens (including phenoxy) is 1. The van der Waals surface area contributed by atoms with E-state index in [1.54, 1.807) is 0 Å². The van der Waals surface area contributed by atoms with Crippen LogP contribution in [0.3, 0.4) is 0 Å². The monoisotopic (exact) mass is 266 g/mol. The van der Waals surface area contributed by atoms with Gasteiger partial charge in [0, 0.05) is 20.2 Å². The van der Waals surface area contributed by atoms with Crippen LogP contribution in [0.1, 0.15) is 11.1 Å². The highest BCUT2D eigenvalue weighted by Crippen LogP contribution is 2.03. The molecule has 0 bridgehead atoms. The lowest BCUT2D eigenvalue weighted by Gasteiger charge is -2.11. The van der Waals surface area contributed by atoms with Gasteiger partial charge in [0.1, 0.15) is 0 Å². The van der Waals surface area contributed by atoms with Gasteiger partial charge in [0.05, 0.1) is 12.7 Å². The predicted octanol–water partition coefficient (Wildman–Crippen LogP) is 0.844. The summed E-state index contributed by atoms with van der Waals surface area (Å²) in [6.45, 7) is 3.00. The average Bonchev–Trinajstić information content (AvgIpc) is 2.37. The number of aliphatic hydroxyl groups is 1. The second kappa shape index (κ2) is 8.50. The van der Waals surface area contributed by atoms with Crippen LogP contribution in [-0.4, -0.2) is 44.0 Å². The molecular weight excluding hydrogens is 244 g/mol. The van der Waals surface area contributed by atoms with Gasteiger partial charge in [0.2, 0.25) is 0 Å². The van der Waals surface area contributed by atoms with Crippen molar-refractivity contribution in [3.05, 3.63) is 35.4 Å². The fourth-order valence-electron chi connectivity index (χ4n) is 1.71. The summed E-state index contributed by atoms with van der Waals surface area (Å²) >= 11 is 0. The second-order valence-corrected chi connectivity index (χ2v) is 4.49. The molecule has 3 N–H and O–H groups in total. The molecule has 1 atom stereocenters. The zero-order valence-corrected chi connectivity index (χ0v) is 11.5. The largest absolute Gasteiger partial charge is 0.389 e. The minimum Gasteiger partial charge on any atom is -0.389 e. The molecule has 5 heteroatoms. The molecule has 1 unspecified atom stereocenters. The predicted molar refractivity (Wildman–Crippen MR) is 74.2 cm³/mol. The van der Waals surface area contributed by atoms with Crippen molar-refractivity contribution in [2.75, 3.05) is 26.8 Å². The van der Waals surface area contributed by atoms with Gasteiger partial charge >= 0.3 is 6.03 Å². The molecule has 0 spiro atoms. The van der Waals surface area contributed by atoms with E-state index in [2.05, 4.69) is 16.7 Å². The van der Waals surface area contributed by atoms with E-state index in [9.17, 15) is 9.90 Å². The Morgan fingerprint density at radius 1 is 1.42 bits per heavy atom. The van der Waals surface area contributed by atoms with E-state index in [4.69, 9.17) is 4.74 Å². The van der Waals surface area contributed by atoms with Crippen molar-refractivity contribution in [1.82, 2.24) is 10.6 Å². The minimum absolute atomic E-state index is 0.185. The van der Waals surface area contributed by atoms with Crippen LogP contribution in [0.5, 0.6) is 0 Å². The standard InChI is InChI=1S/C14H22N2O3/c1-11-4-3-5-12(8-11)6-7-15-14(18)16-9-13(17)10-19-2/h3-5,8,13,17H,6-7,9-10H2,1-2H3,(H2,15,16,18). The smallest absolute Gasteiger partial charge is 0.314 e. The van der Waals surface area contributed by atoms with Crippen LogP contribution >= 0.6 is 0 Å². The number of carbonyl (C=O) groups excluding carboxylic acids is 1. The van der Waals surface area contributed by atoms with E-state index in [-0.39, 0.29) is 19.2 Å². The van der Waals surface area contributed by atoms with Gasteiger partial charge in [0.25, 0.3) is 0 Å². The Hall–Kier alpha value is -1.59. The summed E-state index contributed by atoms with van der Waals surface area (Å²) in [5, 5.41) is 14.7. The van der Waals surface area contributed by atoms with Crippen molar-refractivity contribution in [3.63, 3.8) is 0 Å². The molecular formula is C14H22N2O3. The van der Waals surface area contributed by atoms with Gasteiger partial charge in [0.15, 0.2) is 0 Å². The van der Waals surface area contributed by atoms with Crippen LogP contribution in [0.25, 0.3) is 0 Å². The average molecular weight is 266 g/mol. The molecule has 106 valence electrons. The molecule has 0 aliphatic rings. The van der Waals surface area contributed by atoms with Crippen molar-refractivity contribution in [3.8, 4) is 0 Å². The molecule has 5 nitrogen and oxygen atoms in total. The zero-order chi connectivity index (χ0) is 14.1. The molecule has 1 aromatic carbocycles. The maximum absolute atomic E-state index is 11.4. The summed E-state index contributed by atoms with van der Waals surface area (Å²) < 4.78 is 4.76. The van der Waals surface area contributed by atoms with Crippen molar-refractivity contribution in [2.24, 2.45) is 0 Å². The lowest BCUT2D eigenvalue weighted by atomic mass is 10.1. The molecule has 1 aromatic rings. The Kier molecular flexibility index (Phi) is 6.92. The van der Waals surface area contributed by atoms with Crippen LogP contribution in [0, 0.1) is 6.92 Å². The zero-order valence-electron chi connectivity index (χ0n) is 11.5. The highest BCUT2D eigenvalue weighted by Gasteiger charge is 2.05.